The Kier molecular flexibility index (Phi) is 3.82. The van der Waals surface area contributed by atoms with E-state index in [1.165, 1.54) is 13.0 Å². The molecule has 1 saturated heterocycles. The van der Waals surface area contributed by atoms with Crippen LogP contribution in [-0.4, -0.2) is 35.7 Å². The molecule has 1 aliphatic heterocycles. The quantitative estimate of drug-likeness (QED) is 0.905. The maximum atomic E-state index is 13.7. The second-order valence-corrected chi connectivity index (χ2v) is 6.35. The van der Waals surface area contributed by atoms with Crippen molar-refractivity contribution < 1.29 is 18.4 Å². The molecule has 23 heavy (non-hydrogen) atoms. The van der Waals surface area contributed by atoms with Gasteiger partial charge in [-0.05, 0) is 18.9 Å². The van der Waals surface area contributed by atoms with Crippen LogP contribution < -0.4 is 10.6 Å². The van der Waals surface area contributed by atoms with E-state index in [1.807, 2.05) is 0 Å². The third-order valence-corrected chi connectivity index (χ3v) is 4.69. The van der Waals surface area contributed by atoms with Gasteiger partial charge in [-0.1, -0.05) is 6.92 Å². The largest absolute Gasteiger partial charge is 0.365 e. The van der Waals surface area contributed by atoms with Crippen molar-refractivity contribution in [3.63, 3.8) is 0 Å². The van der Waals surface area contributed by atoms with Crippen LogP contribution in [0, 0.1) is 5.92 Å². The van der Waals surface area contributed by atoms with Gasteiger partial charge in [0.15, 0.2) is 5.78 Å². The van der Waals surface area contributed by atoms with E-state index >= 15 is 0 Å². The highest BCUT2D eigenvalue weighted by Crippen LogP contribution is 2.36. The van der Waals surface area contributed by atoms with Crippen molar-refractivity contribution in [3.05, 3.63) is 22.9 Å². The highest BCUT2D eigenvalue weighted by molar-refractivity contribution is 6.03. The number of Topliss-reactive ketones (excluding diaryl/α,β-unsaturated/α-hetero) is 1. The number of fused-ring (bicyclic) bond motifs is 1. The number of hydrogen-bond acceptors (Lipinski definition) is 4. The Balaban J connectivity index is 2.02. The van der Waals surface area contributed by atoms with Crippen LogP contribution in [0.3, 0.4) is 0 Å². The van der Waals surface area contributed by atoms with Gasteiger partial charge in [0.25, 0.3) is 11.8 Å². The molecule has 1 atom stereocenters. The van der Waals surface area contributed by atoms with E-state index in [4.69, 9.17) is 5.73 Å². The minimum Gasteiger partial charge on any atom is -0.365 e. The van der Waals surface area contributed by atoms with Crippen molar-refractivity contribution in [2.24, 2.45) is 11.7 Å². The number of anilines is 1. The zero-order chi connectivity index (χ0) is 16.8. The highest BCUT2D eigenvalue weighted by Gasteiger charge is 2.42. The topological polar surface area (TPSA) is 76.3 Å². The van der Waals surface area contributed by atoms with Crippen LogP contribution in [0.4, 0.5) is 14.6 Å². The summed E-state index contributed by atoms with van der Waals surface area (Å²) in [5.74, 6) is -3.97. The van der Waals surface area contributed by atoms with Gasteiger partial charge >= 0.3 is 0 Å². The maximum Gasteiger partial charge on any atom is 0.254 e. The van der Waals surface area contributed by atoms with Gasteiger partial charge in [-0.2, -0.15) is 0 Å². The number of halogens is 2. The first-order chi connectivity index (χ1) is 10.8. The highest BCUT2D eigenvalue weighted by atomic mass is 19.3. The van der Waals surface area contributed by atoms with Crippen LogP contribution in [0.15, 0.2) is 6.07 Å². The Morgan fingerprint density at radius 3 is 2.83 bits per heavy atom. The molecule has 7 heteroatoms. The van der Waals surface area contributed by atoms with Crippen LogP contribution >= 0.6 is 0 Å². The predicted octanol–water partition coefficient (Wildman–Crippen LogP) is 2.18. The summed E-state index contributed by atoms with van der Waals surface area (Å²) in [6, 6.07) is 1.49. The smallest absolute Gasteiger partial charge is 0.254 e. The van der Waals surface area contributed by atoms with E-state index in [2.05, 4.69) is 4.98 Å². The monoisotopic (exact) mass is 323 g/mol. The fourth-order valence-corrected chi connectivity index (χ4v) is 3.22. The van der Waals surface area contributed by atoms with E-state index in [0.29, 0.717) is 36.3 Å². The van der Waals surface area contributed by atoms with Gasteiger partial charge < -0.3 is 10.6 Å². The molecule has 0 spiro atoms. The average molecular weight is 323 g/mol. The number of carbonyl (C=O) groups excluding carboxylic acids is 2. The summed E-state index contributed by atoms with van der Waals surface area (Å²) >= 11 is 0. The summed E-state index contributed by atoms with van der Waals surface area (Å²) in [5.41, 5.74) is 6.62. The van der Waals surface area contributed by atoms with Crippen LogP contribution in [0.1, 0.15) is 52.6 Å². The fourth-order valence-electron chi connectivity index (χ4n) is 3.22. The Hall–Kier alpha value is -2.05. The molecule has 1 aromatic rings. The molecule has 2 heterocycles. The van der Waals surface area contributed by atoms with Crippen LogP contribution in [0.25, 0.3) is 0 Å². The molecule has 0 saturated carbocycles. The molecular weight excluding hydrogens is 304 g/mol. The third-order valence-electron chi connectivity index (χ3n) is 4.69. The Morgan fingerprint density at radius 1 is 1.43 bits per heavy atom. The van der Waals surface area contributed by atoms with Gasteiger partial charge in [-0.15, -0.1) is 0 Å². The first kappa shape index (κ1) is 15.8. The maximum absolute atomic E-state index is 13.7. The predicted molar refractivity (Wildman–Crippen MR) is 81.0 cm³/mol. The van der Waals surface area contributed by atoms with E-state index in [9.17, 15) is 18.4 Å². The summed E-state index contributed by atoms with van der Waals surface area (Å²) in [6.07, 6.45) is 1.50. The van der Waals surface area contributed by atoms with Crippen LogP contribution in [0.2, 0.25) is 0 Å². The molecule has 1 unspecified atom stereocenters. The summed E-state index contributed by atoms with van der Waals surface area (Å²) in [4.78, 5) is 29.9. The number of ketones is 1. The summed E-state index contributed by atoms with van der Waals surface area (Å²) in [6.45, 7) is 1.70. The molecule has 1 aromatic heterocycles. The number of carbonyl (C=O) groups is 2. The lowest BCUT2D eigenvalue weighted by atomic mass is 9.92. The van der Waals surface area contributed by atoms with Gasteiger partial charge in [0.05, 0.1) is 11.3 Å². The number of aromatic nitrogens is 1. The van der Waals surface area contributed by atoms with E-state index in [1.54, 1.807) is 4.90 Å². The molecule has 0 aromatic carbocycles. The first-order valence-electron chi connectivity index (χ1n) is 7.79. The van der Waals surface area contributed by atoms with Gasteiger partial charge in [-0.3, -0.25) is 9.59 Å². The SMILES string of the molecule is CC1CN(c2nc3c(cc2C(N)=O)C(=O)CCC3)CCC1(F)F. The number of piperidine rings is 1. The summed E-state index contributed by atoms with van der Waals surface area (Å²) < 4.78 is 27.4. The number of nitrogens with two attached hydrogens (primary N) is 1. The van der Waals surface area contributed by atoms with Gasteiger partial charge in [0.1, 0.15) is 5.82 Å². The molecule has 5 nitrogen and oxygen atoms in total. The number of pyridine rings is 1. The molecule has 124 valence electrons. The molecule has 2 N–H and O–H groups in total. The van der Waals surface area contributed by atoms with Crippen molar-refractivity contribution in [1.82, 2.24) is 4.98 Å². The lowest BCUT2D eigenvalue weighted by Gasteiger charge is -2.38. The first-order valence-corrected chi connectivity index (χ1v) is 7.79. The lowest BCUT2D eigenvalue weighted by molar-refractivity contribution is -0.0652. The summed E-state index contributed by atoms with van der Waals surface area (Å²) in [7, 11) is 0. The number of alkyl halides is 2. The number of hydrogen-bond donors (Lipinski definition) is 1. The Morgan fingerprint density at radius 2 is 2.17 bits per heavy atom. The van der Waals surface area contributed by atoms with Gasteiger partial charge in [0.2, 0.25) is 0 Å². The Labute approximate surface area is 132 Å². The van der Waals surface area contributed by atoms with E-state index < -0.39 is 17.7 Å². The molecule has 3 rings (SSSR count). The number of nitrogens with zero attached hydrogens (tertiary/aromatic N) is 2. The van der Waals surface area contributed by atoms with E-state index in [-0.39, 0.29) is 30.9 Å². The second-order valence-electron chi connectivity index (χ2n) is 6.35. The molecule has 2 aliphatic rings. The van der Waals surface area contributed by atoms with Crippen LogP contribution in [-0.2, 0) is 6.42 Å². The molecule has 1 amide bonds. The number of primary amides is 1. The lowest BCUT2D eigenvalue weighted by Crippen LogP contribution is -2.47. The number of aryl methyl sites for hydroxylation is 1. The second kappa shape index (κ2) is 5.54. The molecule has 1 fully saturated rings. The molecule has 0 bridgehead atoms. The minimum absolute atomic E-state index is 0.0497. The molecule has 1 aliphatic carbocycles. The number of amides is 1. The molecular formula is C16H19F2N3O2. The van der Waals surface area contributed by atoms with Gasteiger partial charge in [-0.25, -0.2) is 13.8 Å². The standard InChI is InChI=1S/C16H19F2N3O2/c1-9-8-21(6-5-16(9,17)18)15-11(14(19)23)7-10-12(20-15)3-2-4-13(10)22/h7,9H,2-6,8H2,1H3,(H2,19,23). The molecule has 0 radical (unpaired) electrons. The van der Waals surface area contributed by atoms with Gasteiger partial charge in [0, 0.05) is 37.4 Å². The van der Waals surface area contributed by atoms with Crippen molar-refractivity contribution in [2.45, 2.75) is 38.5 Å². The van der Waals surface area contributed by atoms with Crippen molar-refractivity contribution in [2.75, 3.05) is 18.0 Å². The minimum atomic E-state index is -2.71. The van der Waals surface area contributed by atoms with Crippen molar-refractivity contribution in [3.8, 4) is 0 Å². The van der Waals surface area contributed by atoms with Crippen molar-refractivity contribution in [1.29, 1.82) is 0 Å². The summed E-state index contributed by atoms with van der Waals surface area (Å²) in [5, 5.41) is 0. The normalized spacial score (nSPS) is 23.5. The average Bonchev–Trinajstić information content (AvgIpc) is 2.49. The fraction of sp³-hybridized carbons (Fsp3) is 0.562. The number of rotatable bonds is 2. The van der Waals surface area contributed by atoms with E-state index in [0.717, 1.165) is 0 Å². The third kappa shape index (κ3) is 2.80. The Bertz CT molecular complexity index is 676. The zero-order valence-electron chi connectivity index (χ0n) is 12.9. The van der Waals surface area contributed by atoms with Crippen LogP contribution in [0.5, 0.6) is 0 Å². The van der Waals surface area contributed by atoms with Crippen molar-refractivity contribution >= 4 is 17.5 Å². The zero-order valence-corrected chi connectivity index (χ0v) is 12.9.